The summed E-state index contributed by atoms with van der Waals surface area (Å²) in [6.45, 7) is 4.87. The van der Waals surface area contributed by atoms with E-state index in [1.54, 1.807) is 18.2 Å². The molecule has 8 heteroatoms. The number of nitrogens with one attached hydrogen (secondary N) is 1. The van der Waals surface area contributed by atoms with Crippen LogP contribution in [0.15, 0.2) is 54.6 Å². The third-order valence-electron chi connectivity index (χ3n) is 4.95. The fraction of sp³-hybridized carbons (Fsp3) is 0.261. The molecule has 4 rings (SSSR count). The highest BCUT2D eigenvalue weighted by molar-refractivity contribution is 6.31. The van der Waals surface area contributed by atoms with Gasteiger partial charge in [0.25, 0.3) is 5.91 Å². The minimum Gasteiger partial charge on any atom is -0.484 e. The second-order valence-electron chi connectivity index (χ2n) is 7.20. The number of hydrogen-bond donors (Lipinski definition) is 1. The molecule has 0 atom stereocenters. The zero-order chi connectivity index (χ0) is 21.6. The molecule has 0 saturated carbocycles. The molecule has 0 radical (unpaired) electrons. The Morgan fingerprint density at radius 1 is 1.10 bits per heavy atom. The maximum absolute atomic E-state index is 12.2. The number of benzene rings is 2. The number of aryl methyl sites for hydroxylation is 1. The standard InChI is InChI=1S/C23H23ClN4O3/c1-16-14-19(6-7-20(16)24)31-15-23(29)25-18-4-2-17(3-5-18)21-8-9-22(27-26-21)28-10-12-30-13-11-28/h2-9,14H,10-13,15H2,1H3,(H,25,29). The topological polar surface area (TPSA) is 76.6 Å². The van der Waals surface area contributed by atoms with Crippen LogP contribution in [0.4, 0.5) is 11.5 Å². The summed E-state index contributed by atoms with van der Waals surface area (Å²) >= 11 is 6.00. The largest absolute Gasteiger partial charge is 0.484 e. The Hall–Kier alpha value is -3.16. The molecule has 0 spiro atoms. The van der Waals surface area contributed by atoms with Gasteiger partial charge in [-0.3, -0.25) is 4.79 Å². The van der Waals surface area contributed by atoms with E-state index in [2.05, 4.69) is 20.4 Å². The lowest BCUT2D eigenvalue weighted by Crippen LogP contribution is -2.36. The van der Waals surface area contributed by atoms with Crippen LogP contribution in [0.2, 0.25) is 5.02 Å². The van der Waals surface area contributed by atoms with Gasteiger partial charge in [-0.2, -0.15) is 0 Å². The van der Waals surface area contributed by atoms with Gasteiger partial charge in [0.1, 0.15) is 5.75 Å². The molecule has 2 aromatic carbocycles. The lowest BCUT2D eigenvalue weighted by Gasteiger charge is -2.27. The third kappa shape index (κ3) is 5.51. The summed E-state index contributed by atoms with van der Waals surface area (Å²) in [7, 11) is 0. The van der Waals surface area contributed by atoms with Crippen molar-refractivity contribution in [1.82, 2.24) is 10.2 Å². The number of ether oxygens (including phenoxy) is 2. The first-order chi connectivity index (χ1) is 15.1. The number of rotatable bonds is 6. The summed E-state index contributed by atoms with van der Waals surface area (Å²) < 4.78 is 10.9. The van der Waals surface area contributed by atoms with Gasteiger partial charge in [-0.1, -0.05) is 23.7 Å². The van der Waals surface area contributed by atoms with Crippen LogP contribution < -0.4 is 15.0 Å². The number of amides is 1. The van der Waals surface area contributed by atoms with Crippen molar-refractivity contribution in [2.24, 2.45) is 0 Å². The minimum absolute atomic E-state index is 0.0860. The molecule has 3 aromatic rings. The first-order valence-corrected chi connectivity index (χ1v) is 10.4. The monoisotopic (exact) mass is 438 g/mol. The summed E-state index contributed by atoms with van der Waals surface area (Å²) in [6, 6.07) is 16.7. The van der Waals surface area contributed by atoms with Crippen LogP contribution >= 0.6 is 11.6 Å². The lowest BCUT2D eigenvalue weighted by molar-refractivity contribution is -0.118. The Morgan fingerprint density at radius 2 is 1.87 bits per heavy atom. The van der Waals surface area contributed by atoms with Gasteiger partial charge in [0.05, 0.1) is 18.9 Å². The van der Waals surface area contributed by atoms with Crippen LogP contribution in [0.25, 0.3) is 11.3 Å². The second-order valence-corrected chi connectivity index (χ2v) is 7.61. The van der Waals surface area contributed by atoms with Gasteiger partial charge in [0.2, 0.25) is 0 Å². The highest BCUT2D eigenvalue weighted by Gasteiger charge is 2.13. The second kappa shape index (κ2) is 9.76. The van der Waals surface area contributed by atoms with Crippen LogP contribution in [-0.4, -0.2) is 49.0 Å². The van der Waals surface area contributed by atoms with Crippen molar-refractivity contribution in [2.75, 3.05) is 43.1 Å². The van der Waals surface area contributed by atoms with Gasteiger partial charge < -0.3 is 19.7 Å². The highest BCUT2D eigenvalue weighted by atomic mass is 35.5. The fourth-order valence-corrected chi connectivity index (χ4v) is 3.34. The molecular formula is C23H23ClN4O3. The molecular weight excluding hydrogens is 416 g/mol. The number of hydrogen-bond acceptors (Lipinski definition) is 6. The van der Waals surface area contributed by atoms with Crippen molar-refractivity contribution >= 4 is 29.0 Å². The van der Waals surface area contributed by atoms with E-state index in [1.165, 1.54) is 0 Å². The van der Waals surface area contributed by atoms with Gasteiger partial charge >= 0.3 is 0 Å². The Bertz CT molecular complexity index is 1040. The van der Waals surface area contributed by atoms with E-state index in [-0.39, 0.29) is 12.5 Å². The average Bonchev–Trinajstić information content (AvgIpc) is 2.81. The van der Waals surface area contributed by atoms with E-state index in [0.717, 1.165) is 35.7 Å². The molecule has 160 valence electrons. The number of nitrogens with zero attached hydrogens (tertiary/aromatic N) is 3. The summed E-state index contributed by atoms with van der Waals surface area (Å²) in [5, 5.41) is 12.2. The SMILES string of the molecule is Cc1cc(OCC(=O)Nc2ccc(-c3ccc(N4CCOCC4)nn3)cc2)ccc1Cl. The molecule has 31 heavy (non-hydrogen) atoms. The molecule has 7 nitrogen and oxygen atoms in total. The zero-order valence-electron chi connectivity index (χ0n) is 17.2. The van der Waals surface area contributed by atoms with Crippen LogP contribution in [-0.2, 0) is 9.53 Å². The van der Waals surface area contributed by atoms with E-state index >= 15 is 0 Å². The smallest absolute Gasteiger partial charge is 0.262 e. The molecule has 0 bridgehead atoms. The number of carbonyl (C=O) groups excluding carboxylic acids is 1. The predicted molar refractivity (Wildman–Crippen MR) is 121 cm³/mol. The number of aromatic nitrogens is 2. The maximum Gasteiger partial charge on any atom is 0.262 e. The Kier molecular flexibility index (Phi) is 6.64. The van der Waals surface area contributed by atoms with Crippen LogP contribution in [0, 0.1) is 6.92 Å². The summed E-state index contributed by atoms with van der Waals surface area (Å²) in [4.78, 5) is 14.3. The molecule has 1 aliphatic rings. The van der Waals surface area contributed by atoms with E-state index in [0.29, 0.717) is 29.7 Å². The average molecular weight is 439 g/mol. The normalized spacial score (nSPS) is 13.7. The fourth-order valence-electron chi connectivity index (χ4n) is 3.22. The van der Waals surface area contributed by atoms with Crippen LogP contribution in [0.5, 0.6) is 5.75 Å². The van der Waals surface area contributed by atoms with Crippen molar-refractivity contribution in [2.45, 2.75) is 6.92 Å². The van der Waals surface area contributed by atoms with Crippen molar-refractivity contribution in [1.29, 1.82) is 0 Å². The molecule has 0 unspecified atom stereocenters. The van der Waals surface area contributed by atoms with Crippen LogP contribution in [0.1, 0.15) is 5.56 Å². The van der Waals surface area contributed by atoms with E-state index in [1.807, 2.05) is 43.3 Å². The Morgan fingerprint density at radius 3 is 2.55 bits per heavy atom. The van der Waals surface area contributed by atoms with Crippen molar-refractivity contribution < 1.29 is 14.3 Å². The van der Waals surface area contributed by atoms with Crippen LogP contribution in [0.3, 0.4) is 0 Å². The van der Waals surface area contributed by atoms with E-state index < -0.39 is 0 Å². The number of carbonyl (C=O) groups is 1. The van der Waals surface area contributed by atoms with Gasteiger partial charge in [-0.15, -0.1) is 10.2 Å². The van der Waals surface area contributed by atoms with E-state index in [9.17, 15) is 4.79 Å². The zero-order valence-corrected chi connectivity index (χ0v) is 17.9. The molecule has 1 fully saturated rings. The molecule has 1 saturated heterocycles. The van der Waals surface area contributed by atoms with Gasteiger partial charge in [0.15, 0.2) is 12.4 Å². The third-order valence-corrected chi connectivity index (χ3v) is 5.37. The number of anilines is 2. The van der Waals surface area contributed by atoms with Crippen molar-refractivity contribution in [3.05, 3.63) is 65.2 Å². The number of morpholine rings is 1. The molecule has 1 aromatic heterocycles. The first kappa shape index (κ1) is 21.1. The number of halogens is 1. The summed E-state index contributed by atoms with van der Waals surface area (Å²) in [5.74, 6) is 1.22. The highest BCUT2D eigenvalue weighted by Crippen LogP contribution is 2.22. The maximum atomic E-state index is 12.2. The predicted octanol–water partition coefficient (Wildman–Crippen LogP) is 3.96. The molecule has 1 N–H and O–H groups in total. The summed E-state index contributed by atoms with van der Waals surface area (Å²) in [6.07, 6.45) is 0. The molecule has 2 heterocycles. The van der Waals surface area contributed by atoms with Gasteiger partial charge in [-0.05, 0) is 55.0 Å². The quantitative estimate of drug-likeness (QED) is 0.627. The van der Waals surface area contributed by atoms with Gasteiger partial charge in [-0.25, -0.2) is 0 Å². The van der Waals surface area contributed by atoms with E-state index in [4.69, 9.17) is 21.1 Å². The first-order valence-electron chi connectivity index (χ1n) is 10.0. The molecule has 0 aliphatic carbocycles. The Labute approximate surface area is 186 Å². The minimum atomic E-state index is -0.241. The lowest BCUT2D eigenvalue weighted by atomic mass is 10.1. The molecule has 1 aliphatic heterocycles. The van der Waals surface area contributed by atoms with Crippen molar-refractivity contribution in [3.63, 3.8) is 0 Å². The summed E-state index contributed by atoms with van der Waals surface area (Å²) in [5.41, 5.74) is 3.28. The Balaban J connectivity index is 1.32. The van der Waals surface area contributed by atoms with Gasteiger partial charge in [0, 0.05) is 29.4 Å². The van der Waals surface area contributed by atoms with Crippen molar-refractivity contribution in [3.8, 4) is 17.0 Å². The molecule has 1 amide bonds.